The summed E-state index contributed by atoms with van der Waals surface area (Å²) in [5.74, 6) is 0.617. The topological polar surface area (TPSA) is 67.6 Å². The molecule has 0 radical (unpaired) electrons. The second-order valence-corrected chi connectivity index (χ2v) is 6.40. The van der Waals surface area contributed by atoms with Crippen LogP contribution in [0.1, 0.15) is 17.0 Å². The molecule has 3 aromatic carbocycles. The highest BCUT2D eigenvalue weighted by Gasteiger charge is 2.09. The van der Waals surface area contributed by atoms with Gasteiger partial charge in [0.05, 0.1) is 28.6 Å². The number of para-hydroxylation sites is 2. The second kappa shape index (κ2) is 7.88. The Kier molecular flexibility index (Phi) is 4.97. The number of hydrogen-bond acceptors (Lipinski definition) is 5. The van der Waals surface area contributed by atoms with Crippen molar-refractivity contribution in [3.63, 3.8) is 0 Å². The van der Waals surface area contributed by atoms with Gasteiger partial charge in [-0.05, 0) is 42.3 Å². The normalized spacial score (nSPS) is 11.2. The molecule has 1 heterocycles. The van der Waals surface area contributed by atoms with Gasteiger partial charge in [0.1, 0.15) is 12.4 Å². The van der Waals surface area contributed by atoms with Gasteiger partial charge in [-0.15, -0.1) is 0 Å². The van der Waals surface area contributed by atoms with Crippen LogP contribution in [0, 0.1) is 6.92 Å². The van der Waals surface area contributed by atoms with E-state index < -0.39 is 0 Å². The van der Waals surface area contributed by atoms with Gasteiger partial charge in [-0.2, -0.15) is 0 Å². The number of rotatable bonds is 5. The first-order chi connectivity index (χ1) is 13.7. The molecule has 0 bridgehead atoms. The number of nitrogens with zero attached hydrogens (tertiary/aromatic N) is 3. The Morgan fingerprint density at radius 1 is 0.893 bits per heavy atom. The van der Waals surface area contributed by atoms with Gasteiger partial charge in [-0.1, -0.05) is 53.7 Å². The van der Waals surface area contributed by atoms with Gasteiger partial charge in [0.15, 0.2) is 0 Å². The van der Waals surface area contributed by atoms with Crippen LogP contribution in [0.2, 0.25) is 0 Å². The molecular weight excluding hydrogens is 350 g/mol. The van der Waals surface area contributed by atoms with E-state index in [9.17, 15) is 0 Å². The lowest BCUT2D eigenvalue weighted by molar-refractivity contribution is 0.298. The number of aryl methyl sites for hydroxylation is 1. The molecule has 0 amide bonds. The summed E-state index contributed by atoms with van der Waals surface area (Å²) in [6.07, 6.45) is 1.38. The van der Waals surface area contributed by atoms with Gasteiger partial charge in [0, 0.05) is 5.56 Å². The zero-order valence-corrected chi connectivity index (χ0v) is 15.4. The second-order valence-electron chi connectivity index (χ2n) is 6.40. The Morgan fingerprint density at radius 3 is 2.36 bits per heavy atom. The SMILES string of the molecule is Cc1nc2ccccc2nc1COc1ccc(-c2ccccc2)cc1/C=N/O. The molecule has 0 saturated carbocycles. The summed E-state index contributed by atoms with van der Waals surface area (Å²) in [7, 11) is 0. The maximum atomic E-state index is 9.04. The third-order valence-electron chi connectivity index (χ3n) is 4.52. The minimum atomic E-state index is 0.278. The first-order valence-electron chi connectivity index (χ1n) is 8.96. The Hall–Kier alpha value is -3.73. The standard InChI is InChI=1S/C23H19N3O2/c1-16-22(26-21-10-6-5-9-20(21)25-16)15-28-23-12-11-18(13-19(23)14-24-27)17-7-3-2-4-8-17/h2-14,27H,15H2,1H3/b24-14+. The molecule has 1 N–H and O–H groups in total. The molecule has 28 heavy (non-hydrogen) atoms. The van der Waals surface area contributed by atoms with Crippen molar-refractivity contribution < 1.29 is 9.94 Å². The predicted molar refractivity (Wildman–Crippen MR) is 110 cm³/mol. The van der Waals surface area contributed by atoms with Crippen LogP contribution in [-0.2, 0) is 6.61 Å². The quantitative estimate of drug-likeness (QED) is 0.306. The van der Waals surface area contributed by atoms with E-state index >= 15 is 0 Å². The zero-order chi connectivity index (χ0) is 19.3. The lowest BCUT2D eigenvalue weighted by Gasteiger charge is -2.12. The molecule has 0 fully saturated rings. The van der Waals surface area contributed by atoms with Crippen LogP contribution in [-0.4, -0.2) is 21.4 Å². The minimum Gasteiger partial charge on any atom is -0.487 e. The maximum absolute atomic E-state index is 9.04. The summed E-state index contributed by atoms with van der Waals surface area (Å²) in [6, 6.07) is 23.6. The molecular formula is C23H19N3O2. The van der Waals surface area contributed by atoms with E-state index in [-0.39, 0.29) is 6.61 Å². The van der Waals surface area contributed by atoms with Gasteiger partial charge >= 0.3 is 0 Å². The molecule has 0 spiro atoms. The van der Waals surface area contributed by atoms with Crippen molar-refractivity contribution in [3.05, 3.63) is 89.7 Å². The van der Waals surface area contributed by atoms with Crippen molar-refractivity contribution in [2.45, 2.75) is 13.5 Å². The third-order valence-corrected chi connectivity index (χ3v) is 4.52. The van der Waals surface area contributed by atoms with Crippen molar-refractivity contribution in [1.29, 1.82) is 0 Å². The van der Waals surface area contributed by atoms with E-state index in [1.807, 2.05) is 79.7 Å². The van der Waals surface area contributed by atoms with Crippen LogP contribution >= 0.6 is 0 Å². The van der Waals surface area contributed by atoms with Gasteiger partial charge in [0.25, 0.3) is 0 Å². The van der Waals surface area contributed by atoms with E-state index in [0.717, 1.165) is 33.5 Å². The van der Waals surface area contributed by atoms with Gasteiger partial charge < -0.3 is 9.94 Å². The summed E-state index contributed by atoms with van der Waals surface area (Å²) in [4.78, 5) is 9.25. The Labute approximate surface area is 163 Å². The maximum Gasteiger partial charge on any atom is 0.132 e. The Balaban J connectivity index is 1.62. The third kappa shape index (κ3) is 3.69. The fraction of sp³-hybridized carbons (Fsp3) is 0.0870. The minimum absolute atomic E-state index is 0.278. The van der Waals surface area contributed by atoms with E-state index in [1.54, 1.807) is 0 Å². The van der Waals surface area contributed by atoms with Gasteiger partial charge in [-0.3, -0.25) is 0 Å². The van der Waals surface area contributed by atoms with Crippen molar-refractivity contribution in [1.82, 2.24) is 9.97 Å². The fourth-order valence-corrected chi connectivity index (χ4v) is 3.06. The largest absolute Gasteiger partial charge is 0.487 e. The number of oxime groups is 1. The van der Waals surface area contributed by atoms with E-state index in [1.165, 1.54) is 6.21 Å². The van der Waals surface area contributed by atoms with Crippen LogP contribution in [0.4, 0.5) is 0 Å². The molecule has 0 aliphatic carbocycles. The van der Waals surface area contributed by atoms with E-state index in [4.69, 9.17) is 9.94 Å². The van der Waals surface area contributed by atoms with Crippen LogP contribution < -0.4 is 4.74 Å². The first-order valence-corrected chi connectivity index (χ1v) is 8.96. The number of benzene rings is 3. The van der Waals surface area contributed by atoms with E-state index in [0.29, 0.717) is 11.3 Å². The molecule has 4 aromatic rings. The van der Waals surface area contributed by atoms with Crippen molar-refractivity contribution in [2.24, 2.45) is 5.16 Å². The summed E-state index contributed by atoms with van der Waals surface area (Å²) in [5.41, 5.74) is 6.10. The highest BCUT2D eigenvalue weighted by Crippen LogP contribution is 2.26. The summed E-state index contributed by atoms with van der Waals surface area (Å²) in [5, 5.41) is 12.2. The molecule has 1 aromatic heterocycles. The highest BCUT2D eigenvalue weighted by molar-refractivity contribution is 5.86. The van der Waals surface area contributed by atoms with Gasteiger partial charge in [0.2, 0.25) is 0 Å². The molecule has 4 rings (SSSR count). The van der Waals surface area contributed by atoms with Crippen molar-refractivity contribution >= 4 is 17.2 Å². The lowest BCUT2D eigenvalue weighted by atomic mass is 10.0. The summed E-state index contributed by atoms with van der Waals surface area (Å²) < 4.78 is 5.99. The molecule has 0 atom stereocenters. The van der Waals surface area contributed by atoms with Crippen LogP contribution in [0.15, 0.2) is 78.0 Å². The molecule has 0 saturated heterocycles. The van der Waals surface area contributed by atoms with Crippen LogP contribution in [0.5, 0.6) is 5.75 Å². The predicted octanol–water partition coefficient (Wildman–Crippen LogP) is 4.99. The molecule has 5 heteroatoms. The first kappa shape index (κ1) is 17.7. The smallest absolute Gasteiger partial charge is 0.132 e. The molecule has 5 nitrogen and oxygen atoms in total. The summed E-state index contributed by atoms with van der Waals surface area (Å²) >= 11 is 0. The van der Waals surface area contributed by atoms with Crippen molar-refractivity contribution in [3.8, 4) is 16.9 Å². The molecule has 0 unspecified atom stereocenters. The zero-order valence-electron chi connectivity index (χ0n) is 15.4. The molecule has 0 aliphatic rings. The average Bonchev–Trinajstić information content (AvgIpc) is 2.73. The van der Waals surface area contributed by atoms with Crippen molar-refractivity contribution in [2.75, 3.05) is 0 Å². The molecule has 138 valence electrons. The Bertz CT molecular complexity index is 1140. The summed E-state index contributed by atoms with van der Waals surface area (Å²) in [6.45, 7) is 2.20. The van der Waals surface area contributed by atoms with Crippen LogP contribution in [0.25, 0.3) is 22.2 Å². The molecule has 0 aliphatic heterocycles. The number of fused-ring (bicyclic) bond motifs is 1. The van der Waals surface area contributed by atoms with Crippen LogP contribution in [0.3, 0.4) is 0 Å². The monoisotopic (exact) mass is 369 g/mol. The lowest BCUT2D eigenvalue weighted by Crippen LogP contribution is -2.05. The number of hydrogen-bond donors (Lipinski definition) is 1. The number of aromatic nitrogens is 2. The highest BCUT2D eigenvalue weighted by atomic mass is 16.5. The Morgan fingerprint density at radius 2 is 1.61 bits per heavy atom. The van der Waals surface area contributed by atoms with E-state index in [2.05, 4.69) is 15.1 Å². The van der Waals surface area contributed by atoms with Gasteiger partial charge in [-0.25, -0.2) is 9.97 Å². The fourth-order valence-electron chi connectivity index (χ4n) is 3.06. The number of ether oxygens (including phenoxy) is 1. The average molecular weight is 369 g/mol.